The molecule has 0 saturated carbocycles. The second-order valence-corrected chi connectivity index (χ2v) is 6.19. The van der Waals surface area contributed by atoms with Gasteiger partial charge in [0.05, 0.1) is 11.5 Å². The van der Waals surface area contributed by atoms with E-state index in [2.05, 4.69) is 5.32 Å². The Balaban J connectivity index is 1.82. The Labute approximate surface area is 166 Å². The molecule has 0 spiro atoms. The highest BCUT2D eigenvalue weighted by atomic mass is 16.7. The van der Waals surface area contributed by atoms with Crippen molar-refractivity contribution in [3.63, 3.8) is 0 Å². The fourth-order valence-corrected chi connectivity index (χ4v) is 2.77. The number of amides is 1. The maximum absolute atomic E-state index is 12.5. The van der Waals surface area contributed by atoms with Gasteiger partial charge in [0.1, 0.15) is 18.1 Å². The van der Waals surface area contributed by atoms with Crippen LogP contribution in [0.5, 0.6) is 5.75 Å². The average Bonchev–Trinajstić information content (AvgIpc) is 2.71. The summed E-state index contributed by atoms with van der Waals surface area (Å²) in [4.78, 5) is 34.6. The lowest BCUT2D eigenvalue weighted by molar-refractivity contribution is -0.385. The monoisotopic (exact) mass is 398 g/mol. The van der Waals surface area contributed by atoms with Crippen LogP contribution in [0.15, 0.2) is 48.2 Å². The first-order valence-corrected chi connectivity index (χ1v) is 8.66. The zero-order valence-electron chi connectivity index (χ0n) is 15.5. The van der Waals surface area contributed by atoms with Gasteiger partial charge in [-0.05, 0) is 11.6 Å². The Morgan fingerprint density at radius 2 is 2.03 bits per heavy atom. The second-order valence-electron chi connectivity index (χ2n) is 6.19. The molecule has 0 unspecified atom stereocenters. The Morgan fingerprint density at radius 3 is 2.72 bits per heavy atom. The van der Waals surface area contributed by atoms with Crippen LogP contribution < -0.4 is 10.1 Å². The number of carbonyl (C=O) groups is 2. The highest BCUT2D eigenvalue weighted by Gasteiger charge is 2.22. The van der Waals surface area contributed by atoms with Crippen molar-refractivity contribution in [1.29, 1.82) is 0 Å². The summed E-state index contributed by atoms with van der Waals surface area (Å²) in [6.07, 6.45) is 1.48. The van der Waals surface area contributed by atoms with Gasteiger partial charge in [-0.3, -0.25) is 14.9 Å². The van der Waals surface area contributed by atoms with Crippen molar-refractivity contribution in [3.05, 3.63) is 75.0 Å². The minimum atomic E-state index is -0.781. The number of rotatable bonds is 6. The Kier molecular flexibility index (Phi) is 6.20. The first-order valence-electron chi connectivity index (χ1n) is 8.66. The van der Waals surface area contributed by atoms with Crippen molar-refractivity contribution in [3.8, 4) is 5.75 Å². The van der Waals surface area contributed by atoms with Crippen LogP contribution in [0, 0.1) is 10.1 Å². The molecule has 9 nitrogen and oxygen atoms in total. The van der Waals surface area contributed by atoms with Gasteiger partial charge in [0.2, 0.25) is 5.91 Å². The Hall–Kier alpha value is -3.72. The summed E-state index contributed by atoms with van der Waals surface area (Å²) in [6.45, 7) is 1.16. The molecule has 1 N–H and O–H groups in total. The van der Waals surface area contributed by atoms with E-state index in [4.69, 9.17) is 14.2 Å². The number of hydrogen-bond acceptors (Lipinski definition) is 7. The number of nitrogens with zero attached hydrogens (tertiary/aromatic N) is 1. The molecule has 29 heavy (non-hydrogen) atoms. The summed E-state index contributed by atoms with van der Waals surface area (Å²) < 4.78 is 15.9. The van der Waals surface area contributed by atoms with Crippen LogP contribution in [-0.4, -0.2) is 23.6 Å². The number of esters is 1. The molecule has 9 heteroatoms. The van der Waals surface area contributed by atoms with E-state index in [0.29, 0.717) is 22.4 Å². The van der Waals surface area contributed by atoms with E-state index in [-0.39, 0.29) is 31.4 Å². The molecule has 0 aliphatic carbocycles. The molecule has 1 aliphatic rings. The fourth-order valence-electron chi connectivity index (χ4n) is 2.77. The van der Waals surface area contributed by atoms with Gasteiger partial charge < -0.3 is 19.5 Å². The second kappa shape index (κ2) is 8.98. The van der Waals surface area contributed by atoms with Gasteiger partial charge >= 0.3 is 5.97 Å². The normalized spacial score (nSPS) is 13.1. The van der Waals surface area contributed by atoms with Crippen LogP contribution in [-0.2, 0) is 32.3 Å². The van der Waals surface area contributed by atoms with Gasteiger partial charge in [0.25, 0.3) is 5.69 Å². The number of hydrogen-bond donors (Lipinski definition) is 1. The SMILES string of the molecule is CC(=O)NC(=Cc1ccccc1)C(=O)OCc1cc([N+](=O)[O-])cc2c1OCOC2. The zero-order chi connectivity index (χ0) is 20.8. The highest BCUT2D eigenvalue weighted by molar-refractivity contribution is 5.97. The zero-order valence-corrected chi connectivity index (χ0v) is 15.5. The van der Waals surface area contributed by atoms with Crippen LogP contribution in [0.2, 0.25) is 0 Å². The van der Waals surface area contributed by atoms with E-state index in [9.17, 15) is 19.7 Å². The van der Waals surface area contributed by atoms with Crippen molar-refractivity contribution >= 4 is 23.6 Å². The third kappa shape index (κ3) is 5.17. The molecule has 1 heterocycles. The van der Waals surface area contributed by atoms with Gasteiger partial charge in [-0.2, -0.15) is 0 Å². The van der Waals surface area contributed by atoms with Crippen LogP contribution >= 0.6 is 0 Å². The lowest BCUT2D eigenvalue weighted by atomic mass is 10.1. The van der Waals surface area contributed by atoms with Crippen LogP contribution in [0.25, 0.3) is 6.08 Å². The molecule has 2 aromatic carbocycles. The topological polar surface area (TPSA) is 117 Å². The molecule has 1 aliphatic heterocycles. The summed E-state index contributed by atoms with van der Waals surface area (Å²) in [6, 6.07) is 11.6. The van der Waals surface area contributed by atoms with E-state index in [1.807, 2.05) is 6.07 Å². The number of fused-ring (bicyclic) bond motifs is 1. The van der Waals surface area contributed by atoms with E-state index in [1.54, 1.807) is 24.3 Å². The predicted octanol–water partition coefficient (Wildman–Crippen LogP) is 2.68. The molecule has 0 atom stereocenters. The molecular weight excluding hydrogens is 380 g/mol. The van der Waals surface area contributed by atoms with Gasteiger partial charge in [0.15, 0.2) is 6.79 Å². The van der Waals surface area contributed by atoms with E-state index < -0.39 is 16.8 Å². The standard InChI is InChI=1S/C20H18N2O7/c1-13(23)21-18(7-14-5-3-2-4-6-14)20(24)28-11-16-9-17(22(25)26)8-15-10-27-12-29-19(15)16/h2-9H,10-12H2,1H3,(H,21,23). The maximum atomic E-state index is 12.5. The smallest absolute Gasteiger partial charge is 0.355 e. The van der Waals surface area contributed by atoms with E-state index in [1.165, 1.54) is 25.1 Å². The number of ether oxygens (including phenoxy) is 3. The fraction of sp³-hybridized carbons (Fsp3) is 0.200. The predicted molar refractivity (Wildman–Crippen MR) is 101 cm³/mol. The first kappa shape index (κ1) is 20.0. The molecule has 150 valence electrons. The number of nitro groups is 1. The first-order chi connectivity index (χ1) is 13.9. The largest absolute Gasteiger partial charge is 0.467 e. The molecule has 0 radical (unpaired) electrons. The minimum absolute atomic E-state index is 0.00317. The third-order valence-electron chi connectivity index (χ3n) is 3.98. The molecule has 2 aromatic rings. The van der Waals surface area contributed by atoms with Gasteiger partial charge in [-0.1, -0.05) is 30.3 Å². The average molecular weight is 398 g/mol. The summed E-state index contributed by atoms with van der Waals surface area (Å²) >= 11 is 0. The number of non-ortho nitro benzene ring substituents is 1. The number of nitrogens with one attached hydrogen (secondary N) is 1. The Bertz CT molecular complexity index is 970. The van der Waals surface area contributed by atoms with Crippen molar-refractivity contribution < 1.29 is 28.7 Å². The molecule has 0 aromatic heterocycles. The summed E-state index contributed by atoms with van der Waals surface area (Å²) in [5.41, 5.74) is 1.32. The maximum Gasteiger partial charge on any atom is 0.355 e. The number of carbonyl (C=O) groups excluding carboxylic acids is 2. The van der Waals surface area contributed by atoms with Crippen LogP contribution in [0.3, 0.4) is 0 Å². The van der Waals surface area contributed by atoms with Crippen molar-refractivity contribution in [2.75, 3.05) is 6.79 Å². The van der Waals surface area contributed by atoms with Gasteiger partial charge in [-0.25, -0.2) is 4.79 Å². The number of benzene rings is 2. The number of nitro benzene ring substituents is 1. The quantitative estimate of drug-likeness (QED) is 0.344. The summed E-state index contributed by atoms with van der Waals surface area (Å²) in [5, 5.41) is 13.6. The van der Waals surface area contributed by atoms with Crippen molar-refractivity contribution in [1.82, 2.24) is 5.32 Å². The molecule has 0 saturated heterocycles. The highest BCUT2D eigenvalue weighted by Crippen LogP contribution is 2.33. The van der Waals surface area contributed by atoms with E-state index >= 15 is 0 Å². The Morgan fingerprint density at radius 1 is 1.28 bits per heavy atom. The summed E-state index contributed by atoms with van der Waals surface area (Å²) in [7, 11) is 0. The van der Waals surface area contributed by atoms with E-state index in [0.717, 1.165) is 0 Å². The van der Waals surface area contributed by atoms with Gasteiger partial charge in [0, 0.05) is 30.2 Å². The molecule has 3 rings (SSSR count). The summed E-state index contributed by atoms with van der Waals surface area (Å²) in [5.74, 6) is -0.823. The molecule has 0 bridgehead atoms. The van der Waals surface area contributed by atoms with Crippen molar-refractivity contribution in [2.45, 2.75) is 20.1 Å². The third-order valence-corrected chi connectivity index (χ3v) is 3.98. The van der Waals surface area contributed by atoms with Crippen LogP contribution in [0.4, 0.5) is 5.69 Å². The lowest BCUT2D eigenvalue weighted by Crippen LogP contribution is -2.26. The molecular formula is C20H18N2O7. The minimum Gasteiger partial charge on any atom is -0.467 e. The molecule has 0 fully saturated rings. The van der Waals surface area contributed by atoms with Crippen molar-refractivity contribution in [2.24, 2.45) is 0 Å². The lowest BCUT2D eigenvalue weighted by Gasteiger charge is -2.20. The van der Waals surface area contributed by atoms with Gasteiger partial charge in [-0.15, -0.1) is 0 Å². The molecule has 1 amide bonds. The van der Waals surface area contributed by atoms with Crippen LogP contribution in [0.1, 0.15) is 23.6 Å².